The summed E-state index contributed by atoms with van der Waals surface area (Å²) in [6.45, 7) is 3.10. The molecule has 0 aromatic carbocycles. The van der Waals surface area contributed by atoms with E-state index in [2.05, 4.69) is 24.4 Å². The zero-order valence-corrected chi connectivity index (χ0v) is 8.33. The Morgan fingerprint density at radius 2 is 2.23 bits per heavy atom. The molecule has 0 radical (unpaired) electrons. The molecule has 1 aliphatic carbocycles. The quantitative estimate of drug-likeness (QED) is 0.657. The fourth-order valence-electron chi connectivity index (χ4n) is 2.20. The van der Waals surface area contributed by atoms with Crippen LogP contribution in [0.4, 0.5) is 0 Å². The van der Waals surface area contributed by atoms with Gasteiger partial charge in [-0.1, -0.05) is 12.2 Å². The highest BCUT2D eigenvalue weighted by atomic mass is 16.5. The van der Waals surface area contributed by atoms with Crippen LogP contribution >= 0.6 is 0 Å². The Kier molecular flexibility index (Phi) is 3.01. The minimum Gasteiger partial charge on any atom is -0.377 e. The van der Waals surface area contributed by atoms with Gasteiger partial charge in [0.05, 0.1) is 6.10 Å². The van der Waals surface area contributed by atoms with Crippen molar-refractivity contribution in [3.8, 4) is 0 Å². The first-order chi connectivity index (χ1) is 6.36. The standard InChI is InChI=1S/C11H19NO/c1-9-11(7-8-13-9)12-10-5-3-2-4-6-10/h2-3,9-12H,4-8H2,1H3. The molecule has 13 heavy (non-hydrogen) atoms. The molecule has 2 heteroatoms. The van der Waals surface area contributed by atoms with Crippen LogP contribution in [0.25, 0.3) is 0 Å². The first-order valence-electron chi connectivity index (χ1n) is 5.39. The average molecular weight is 181 g/mol. The predicted octanol–water partition coefficient (Wildman–Crippen LogP) is 1.86. The summed E-state index contributed by atoms with van der Waals surface area (Å²) in [7, 11) is 0. The first-order valence-corrected chi connectivity index (χ1v) is 5.39. The van der Waals surface area contributed by atoms with E-state index in [0.29, 0.717) is 18.2 Å². The third-order valence-corrected chi connectivity index (χ3v) is 3.10. The van der Waals surface area contributed by atoms with Gasteiger partial charge in [0.2, 0.25) is 0 Å². The molecule has 1 aliphatic heterocycles. The van der Waals surface area contributed by atoms with Crippen LogP contribution in [0.2, 0.25) is 0 Å². The van der Waals surface area contributed by atoms with E-state index in [4.69, 9.17) is 4.74 Å². The van der Waals surface area contributed by atoms with Crippen LogP contribution < -0.4 is 5.32 Å². The molecule has 3 atom stereocenters. The van der Waals surface area contributed by atoms with Crippen molar-refractivity contribution in [2.45, 2.75) is 50.8 Å². The maximum atomic E-state index is 5.53. The van der Waals surface area contributed by atoms with Gasteiger partial charge in [0.25, 0.3) is 0 Å². The van der Waals surface area contributed by atoms with Gasteiger partial charge in [-0.05, 0) is 32.6 Å². The summed E-state index contributed by atoms with van der Waals surface area (Å²) in [5, 5.41) is 3.69. The molecule has 1 saturated heterocycles. The zero-order valence-electron chi connectivity index (χ0n) is 8.33. The molecular weight excluding hydrogens is 162 g/mol. The summed E-state index contributed by atoms with van der Waals surface area (Å²) in [5.74, 6) is 0. The van der Waals surface area contributed by atoms with Crippen molar-refractivity contribution in [1.29, 1.82) is 0 Å². The van der Waals surface area contributed by atoms with Crippen LogP contribution in [0.15, 0.2) is 12.2 Å². The SMILES string of the molecule is CC1OCCC1NC1CC=CCC1. The molecule has 0 spiro atoms. The molecule has 0 amide bonds. The summed E-state index contributed by atoms with van der Waals surface area (Å²) < 4.78 is 5.53. The summed E-state index contributed by atoms with van der Waals surface area (Å²) in [6.07, 6.45) is 9.89. The van der Waals surface area contributed by atoms with Gasteiger partial charge < -0.3 is 10.1 Å². The fraction of sp³-hybridized carbons (Fsp3) is 0.818. The predicted molar refractivity (Wildman–Crippen MR) is 53.7 cm³/mol. The maximum Gasteiger partial charge on any atom is 0.0700 e. The largest absolute Gasteiger partial charge is 0.377 e. The van der Waals surface area contributed by atoms with Crippen molar-refractivity contribution in [2.24, 2.45) is 0 Å². The monoisotopic (exact) mass is 181 g/mol. The Labute approximate surface area is 80.4 Å². The molecule has 1 fully saturated rings. The summed E-state index contributed by atoms with van der Waals surface area (Å²) in [4.78, 5) is 0. The zero-order chi connectivity index (χ0) is 9.10. The highest BCUT2D eigenvalue weighted by molar-refractivity contribution is 4.95. The van der Waals surface area contributed by atoms with Crippen LogP contribution in [0.5, 0.6) is 0 Å². The molecular formula is C11H19NO. The van der Waals surface area contributed by atoms with Gasteiger partial charge in [0.15, 0.2) is 0 Å². The lowest BCUT2D eigenvalue weighted by Crippen LogP contribution is -2.42. The van der Waals surface area contributed by atoms with Crippen LogP contribution in [0.3, 0.4) is 0 Å². The van der Waals surface area contributed by atoms with Crippen molar-refractivity contribution in [2.75, 3.05) is 6.61 Å². The van der Waals surface area contributed by atoms with Gasteiger partial charge in [-0.2, -0.15) is 0 Å². The van der Waals surface area contributed by atoms with Gasteiger partial charge in [0, 0.05) is 18.7 Å². The molecule has 2 rings (SSSR count). The Morgan fingerprint density at radius 3 is 2.85 bits per heavy atom. The number of ether oxygens (including phenoxy) is 1. The second-order valence-corrected chi connectivity index (χ2v) is 4.12. The normalized spacial score (nSPS) is 39.6. The minimum atomic E-state index is 0.408. The molecule has 0 bridgehead atoms. The van der Waals surface area contributed by atoms with Crippen LogP contribution in [0, 0.1) is 0 Å². The van der Waals surface area contributed by atoms with E-state index in [9.17, 15) is 0 Å². The lowest BCUT2D eigenvalue weighted by Gasteiger charge is -2.25. The van der Waals surface area contributed by atoms with Crippen LogP contribution in [0.1, 0.15) is 32.6 Å². The molecule has 2 aliphatic rings. The third kappa shape index (κ3) is 2.32. The molecule has 3 unspecified atom stereocenters. The Balaban J connectivity index is 1.79. The van der Waals surface area contributed by atoms with Crippen molar-refractivity contribution in [3.63, 3.8) is 0 Å². The molecule has 1 heterocycles. The molecule has 1 N–H and O–H groups in total. The molecule has 74 valence electrons. The van der Waals surface area contributed by atoms with Crippen molar-refractivity contribution in [3.05, 3.63) is 12.2 Å². The summed E-state index contributed by atoms with van der Waals surface area (Å²) in [5.41, 5.74) is 0. The van der Waals surface area contributed by atoms with Gasteiger partial charge >= 0.3 is 0 Å². The molecule has 0 aromatic heterocycles. The summed E-state index contributed by atoms with van der Waals surface area (Å²) >= 11 is 0. The highest BCUT2D eigenvalue weighted by Gasteiger charge is 2.26. The van der Waals surface area contributed by atoms with Gasteiger partial charge in [-0.3, -0.25) is 0 Å². The van der Waals surface area contributed by atoms with Crippen LogP contribution in [-0.2, 0) is 4.74 Å². The number of hydrogen-bond acceptors (Lipinski definition) is 2. The van der Waals surface area contributed by atoms with E-state index in [1.54, 1.807) is 0 Å². The first kappa shape index (κ1) is 9.22. The van der Waals surface area contributed by atoms with Crippen molar-refractivity contribution in [1.82, 2.24) is 5.32 Å². The topological polar surface area (TPSA) is 21.3 Å². The second kappa shape index (κ2) is 4.25. The van der Waals surface area contributed by atoms with Crippen molar-refractivity contribution >= 4 is 0 Å². The smallest absolute Gasteiger partial charge is 0.0700 e. The van der Waals surface area contributed by atoms with Gasteiger partial charge in [-0.25, -0.2) is 0 Å². The van der Waals surface area contributed by atoms with Crippen LogP contribution in [-0.4, -0.2) is 24.8 Å². The van der Waals surface area contributed by atoms with Gasteiger partial charge in [0.1, 0.15) is 0 Å². The van der Waals surface area contributed by atoms with E-state index in [1.807, 2.05) is 0 Å². The number of hydrogen-bond donors (Lipinski definition) is 1. The second-order valence-electron chi connectivity index (χ2n) is 4.12. The maximum absolute atomic E-state index is 5.53. The highest BCUT2D eigenvalue weighted by Crippen LogP contribution is 2.17. The minimum absolute atomic E-state index is 0.408. The number of nitrogens with one attached hydrogen (secondary N) is 1. The fourth-order valence-corrected chi connectivity index (χ4v) is 2.20. The molecule has 0 aromatic rings. The van der Waals surface area contributed by atoms with E-state index in [-0.39, 0.29) is 0 Å². The van der Waals surface area contributed by atoms with E-state index in [0.717, 1.165) is 6.61 Å². The van der Waals surface area contributed by atoms with E-state index < -0.39 is 0 Å². The lowest BCUT2D eigenvalue weighted by molar-refractivity contribution is 0.110. The Morgan fingerprint density at radius 1 is 1.31 bits per heavy atom. The Bertz CT molecular complexity index is 191. The van der Waals surface area contributed by atoms with E-state index >= 15 is 0 Å². The van der Waals surface area contributed by atoms with E-state index in [1.165, 1.54) is 25.7 Å². The number of allylic oxidation sites excluding steroid dienone is 1. The molecule has 0 saturated carbocycles. The average Bonchev–Trinajstić information content (AvgIpc) is 2.54. The molecule has 2 nitrogen and oxygen atoms in total. The summed E-state index contributed by atoms with van der Waals surface area (Å²) in [6, 6.07) is 1.29. The van der Waals surface area contributed by atoms with Gasteiger partial charge in [-0.15, -0.1) is 0 Å². The lowest BCUT2D eigenvalue weighted by atomic mass is 10.00. The third-order valence-electron chi connectivity index (χ3n) is 3.10. The number of rotatable bonds is 2. The Hall–Kier alpha value is -0.340. The van der Waals surface area contributed by atoms with Crippen molar-refractivity contribution < 1.29 is 4.74 Å².